The first kappa shape index (κ1) is 15.1. The third-order valence-electron chi connectivity index (χ3n) is 3.75. The lowest BCUT2D eigenvalue weighted by atomic mass is 10.2. The van der Waals surface area contributed by atoms with Gasteiger partial charge in [-0.05, 0) is 53.1 Å². The number of nitrogens with zero attached hydrogens (tertiary/aromatic N) is 1. The summed E-state index contributed by atoms with van der Waals surface area (Å²) in [5.41, 5.74) is 1.21. The van der Waals surface area contributed by atoms with E-state index in [1.54, 1.807) is 0 Å². The Morgan fingerprint density at radius 3 is 2.90 bits per heavy atom. The highest BCUT2D eigenvalue weighted by atomic mass is 79.9. The number of fused-ring (bicyclic) bond motifs is 1. The summed E-state index contributed by atoms with van der Waals surface area (Å²) < 4.78 is 17.1. The molecule has 0 radical (unpaired) electrons. The molecule has 21 heavy (non-hydrogen) atoms. The summed E-state index contributed by atoms with van der Waals surface area (Å²) in [5.74, 6) is 1.64. The molecule has 1 N–H and O–H groups in total. The summed E-state index contributed by atoms with van der Waals surface area (Å²) in [6.45, 7) is 7.19. The quantitative estimate of drug-likeness (QED) is 0.789. The van der Waals surface area contributed by atoms with Gasteiger partial charge in [-0.25, -0.2) is 0 Å². The molecule has 0 bridgehead atoms. The van der Waals surface area contributed by atoms with Crippen molar-refractivity contribution in [1.29, 1.82) is 0 Å². The molecular formula is C15H21BrN2O3. The highest BCUT2D eigenvalue weighted by Gasteiger charge is 2.17. The minimum absolute atomic E-state index is 0.310. The van der Waals surface area contributed by atoms with Crippen molar-refractivity contribution in [2.75, 3.05) is 46.2 Å². The summed E-state index contributed by atoms with van der Waals surface area (Å²) >= 11 is 3.52. The van der Waals surface area contributed by atoms with Crippen LogP contribution in [0.2, 0.25) is 0 Å². The summed E-state index contributed by atoms with van der Waals surface area (Å²) in [6, 6.07) is 4.13. The molecule has 5 nitrogen and oxygen atoms in total. The van der Waals surface area contributed by atoms with Crippen LogP contribution in [0, 0.1) is 0 Å². The van der Waals surface area contributed by atoms with Gasteiger partial charge in [0.1, 0.15) is 0 Å². The molecule has 116 valence electrons. The average molecular weight is 357 g/mol. The van der Waals surface area contributed by atoms with E-state index in [9.17, 15) is 0 Å². The Morgan fingerprint density at radius 2 is 2.05 bits per heavy atom. The topological polar surface area (TPSA) is 43.0 Å². The second-order valence-corrected chi connectivity index (χ2v) is 6.15. The van der Waals surface area contributed by atoms with Crippen LogP contribution in [0.25, 0.3) is 0 Å². The number of nitrogens with one attached hydrogen (secondary N) is 1. The van der Waals surface area contributed by atoms with E-state index < -0.39 is 0 Å². The molecule has 6 heteroatoms. The second-order valence-electron chi connectivity index (χ2n) is 5.30. The van der Waals surface area contributed by atoms with Crippen molar-refractivity contribution >= 4 is 15.9 Å². The predicted octanol–water partition coefficient (Wildman–Crippen LogP) is 1.99. The van der Waals surface area contributed by atoms with Gasteiger partial charge < -0.3 is 19.5 Å². The molecule has 0 aromatic heterocycles. The number of hydrogen-bond donors (Lipinski definition) is 1. The smallest absolute Gasteiger partial charge is 0.231 e. The third kappa shape index (κ3) is 4.10. The molecule has 2 aliphatic heterocycles. The molecule has 1 aromatic rings. The summed E-state index contributed by atoms with van der Waals surface area (Å²) in [5, 5.41) is 3.48. The molecule has 1 saturated heterocycles. The highest BCUT2D eigenvalue weighted by Crippen LogP contribution is 2.39. The fourth-order valence-corrected chi connectivity index (χ4v) is 3.21. The lowest BCUT2D eigenvalue weighted by Gasteiger charge is -2.26. The molecule has 0 amide bonds. The summed E-state index contributed by atoms with van der Waals surface area (Å²) in [4.78, 5) is 2.46. The average Bonchev–Trinajstić information content (AvgIpc) is 2.97. The van der Waals surface area contributed by atoms with E-state index in [0.717, 1.165) is 68.3 Å². The van der Waals surface area contributed by atoms with Gasteiger partial charge in [0.05, 0.1) is 17.7 Å². The van der Waals surface area contributed by atoms with E-state index in [-0.39, 0.29) is 0 Å². The molecule has 2 aliphatic rings. The van der Waals surface area contributed by atoms with Crippen LogP contribution in [0.1, 0.15) is 12.0 Å². The fourth-order valence-electron chi connectivity index (χ4n) is 2.61. The van der Waals surface area contributed by atoms with Crippen LogP contribution in [0.3, 0.4) is 0 Å². The van der Waals surface area contributed by atoms with Crippen LogP contribution >= 0.6 is 15.9 Å². The second kappa shape index (κ2) is 7.45. The zero-order chi connectivity index (χ0) is 14.5. The van der Waals surface area contributed by atoms with Gasteiger partial charge >= 0.3 is 0 Å². The van der Waals surface area contributed by atoms with Gasteiger partial charge in [-0.15, -0.1) is 0 Å². The van der Waals surface area contributed by atoms with Crippen LogP contribution < -0.4 is 14.8 Å². The number of ether oxygens (including phenoxy) is 3. The Labute approximate surface area is 133 Å². The van der Waals surface area contributed by atoms with Crippen LogP contribution in [-0.2, 0) is 11.3 Å². The number of morpholine rings is 1. The molecule has 1 fully saturated rings. The van der Waals surface area contributed by atoms with E-state index in [4.69, 9.17) is 14.2 Å². The Balaban J connectivity index is 1.38. The Hall–Kier alpha value is -0.820. The third-order valence-corrected chi connectivity index (χ3v) is 4.34. The van der Waals surface area contributed by atoms with Gasteiger partial charge in [0.25, 0.3) is 0 Å². The van der Waals surface area contributed by atoms with Gasteiger partial charge in [0, 0.05) is 19.6 Å². The first-order valence-corrected chi connectivity index (χ1v) is 8.21. The van der Waals surface area contributed by atoms with E-state index in [2.05, 4.69) is 32.2 Å². The largest absolute Gasteiger partial charge is 0.454 e. The molecule has 0 unspecified atom stereocenters. The van der Waals surface area contributed by atoms with Crippen LogP contribution in [0.4, 0.5) is 0 Å². The number of hydrogen-bond acceptors (Lipinski definition) is 5. The Bertz CT molecular complexity index is 478. The van der Waals surface area contributed by atoms with Crippen molar-refractivity contribution in [3.63, 3.8) is 0 Å². The Kier molecular flexibility index (Phi) is 5.35. The van der Waals surface area contributed by atoms with E-state index in [0.29, 0.717) is 6.79 Å². The van der Waals surface area contributed by atoms with Crippen molar-refractivity contribution in [1.82, 2.24) is 10.2 Å². The highest BCUT2D eigenvalue weighted by molar-refractivity contribution is 9.10. The van der Waals surface area contributed by atoms with Crippen molar-refractivity contribution in [3.05, 3.63) is 22.2 Å². The maximum atomic E-state index is 5.43. The monoisotopic (exact) mass is 356 g/mol. The number of halogens is 1. The van der Waals surface area contributed by atoms with Gasteiger partial charge in [-0.2, -0.15) is 0 Å². The molecule has 0 atom stereocenters. The maximum absolute atomic E-state index is 5.43. The molecule has 2 heterocycles. The van der Waals surface area contributed by atoms with Gasteiger partial charge in [-0.1, -0.05) is 0 Å². The number of rotatable bonds is 6. The van der Waals surface area contributed by atoms with Crippen LogP contribution in [0.15, 0.2) is 16.6 Å². The summed E-state index contributed by atoms with van der Waals surface area (Å²) in [7, 11) is 0. The van der Waals surface area contributed by atoms with Crippen LogP contribution in [-0.4, -0.2) is 51.1 Å². The lowest BCUT2D eigenvalue weighted by molar-refractivity contribution is 0.0374. The van der Waals surface area contributed by atoms with Crippen LogP contribution in [0.5, 0.6) is 11.5 Å². The molecule has 3 rings (SSSR count). The van der Waals surface area contributed by atoms with Crippen molar-refractivity contribution < 1.29 is 14.2 Å². The fraction of sp³-hybridized carbons (Fsp3) is 0.600. The Morgan fingerprint density at radius 1 is 1.19 bits per heavy atom. The predicted molar refractivity (Wildman–Crippen MR) is 83.8 cm³/mol. The molecule has 0 spiro atoms. The minimum Gasteiger partial charge on any atom is -0.454 e. The first-order chi connectivity index (χ1) is 10.3. The maximum Gasteiger partial charge on any atom is 0.231 e. The standard InChI is InChI=1S/C15H21BrN2O3/c16-13-8-12(9-14-15(13)21-11-20-14)10-17-2-1-3-18-4-6-19-7-5-18/h8-9,17H,1-7,10-11H2. The van der Waals surface area contributed by atoms with E-state index in [1.165, 1.54) is 5.56 Å². The van der Waals surface area contributed by atoms with Gasteiger partial charge in [-0.3, -0.25) is 4.90 Å². The zero-order valence-corrected chi connectivity index (χ0v) is 13.7. The van der Waals surface area contributed by atoms with E-state index >= 15 is 0 Å². The molecule has 0 saturated carbocycles. The number of benzene rings is 1. The molecular weight excluding hydrogens is 336 g/mol. The van der Waals surface area contributed by atoms with Gasteiger partial charge in [0.15, 0.2) is 11.5 Å². The lowest BCUT2D eigenvalue weighted by Crippen LogP contribution is -2.37. The normalized spacial score (nSPS) is 18.1. The molecule has 1 aromatic carbocycles. The molecule has 0 aliphatic carbocycles. The zero-order valence-electron chi connectivity index (χ0n) is 12.1. The van der Waals surface area contributed by atoms with Crippen molar-refractivity contribution in [3.8, 4) is 11.5 Å². The minimum atomic E-state index is 0.310. The SMILES string of the molecule is Brc1cc(CNCCCN2CCOCC2)cc2c1OCO2. The van der Waals surface area contributed by atoms with E-state index in [1.807, 2.05) is 6.07 Å². The van der Waals surface area contributed by atoms with Crippen molar-refractivity contribution in [2.24, 2.45) is 0 Å². The summed E-state index contributed by atoms with van der Waals surface area (Å²) in [6.07, 6.45) is 1.16. The van der Waals surface area contributed by atoms with Gasteiger partial charge in [0.2, 0.25) is 6.79 Å². The first-order valence-electron chi connectivity index (χ1n) is 7.42. The van der Waals surface area contributed by atoms with Crippen molar-refractivity contribution in [2.45, 2.75) is 13.0 Å².